The lowest BCUT2D eigenvalue weighted by Crippen LogP contribution is -2.35. The van der Waals surface area contributed by atoms with E-state index in [9.17, 15) is 22.6 Å². The van der Waals surface area contributed by atoms with Gasteiger partial charge in [0.1, 0.15) is 25.4 Å². The normalized spacial score (nSPS) is 12.7. The van der Waals surface area contributed by atoms with E-state index in [0.29, 0.717) is 43.7 Å². The van der Waals surface area contributed by atoms with Crippen LogP contribution in [0.5, 0.6) is 11.5 Å². The van der Waals surface area contributed by atoms with Gasteiger partial charge >= 0.3 is 11.9 Å². The standard InChI is InChI=1S/C22H23N3O4.C20H38O7S/c1-4-16-6-5-7-17(12-16)25-22-18-13-20(28-10-8-26-2)21(29-11-9-27-3)14-19(18)23-15-24-22;1-5-9-11-16(7-3)14-26-19(21)13-18(28(23,24)25)20(22)27-15-17(8-4)12-10-6-2/h1,5-7,12-15H,8-11H2,2-3H3,(H,23,24,25);16-18H,5-15H2,1-4H3,(H,23,24,25). The topological polar surface area (TPSA) is 182 Å². The minimum atomic E-state index is -4.76. The Hall–Kier alpha value is -4.49. The average Bonchev–Trinajstić information content (AvgIpc) is 3.20. The van der Waals surface area contributed by atoms with Crippen LogP contribution in [0.25, 0.3) is 10.9 Å². The Morgan fingerprint density at radius 3 is 1.98 bits per heavy atom. The quantitative estimate of drug-likeness (QED) is 0.0351. The van der Waals surface area contributed by atoms with Crippen LogP contribution in [-0.2, 0) is 38.7 Å². The van der Waals surface area contributed by atoms with Crippen molar-refractivity contribution in [3.63, 3.8) is 0 Å². The summed E-state index contributed by atoms with van der Waals surface area (Å²) in [5, 5.41) is 2.15. The highest BCUT2D eigenvalue weighted by Gasteiger charge is 2.36. The number of terminal acetylenes is 1. The number of hydrogen-bond donors (Lipinski definition) is 2. The van der Waals surface area contributed by atoms with Crippen molar-refractivity contribution in [2.75, 3.05) is 59.2 Å². The Kier molecular flexibility index (Phi) is 23.2. The number of fused-ring (bicyclic) bond motifs is 1. The van der Waals surface area contributed by atoms with Gasteiger partial charge in [0.25, 0.3) is 10.1 Å². The molecule has 3 unspecified atom stereocenters. The summed E-state index contributed by atoms with van der Waals surface area (Å²) in [7, 11) is -1.51. The molecule has 2 aromatic carbocycles. The van der Waals surface area contributed by atoms with Crippen molar-refractivity contribution in [3.8, 4) is 23.8 Å². The van der Waals surface area contributed by atoms with E-state index in [1.165, 1.54) is 6.33 Å². The third-order valence-corrected chi connectivity index (χ3v) is 10.2. The second-order valence-electron chi connectivity index (χ2n) is 13.4. The van der Waals surface area contributed by atoms with Crippen molar-refractivity contribution in [2.45, 2.75) is 90.7 Å². The predicted octanol–water partition coefficient (Wildman–Crippen LogP) is 7.56. The Balaban J connectivity index is 0.000000394. The molecule has 0 aliphatic carbocycles. The minimum absolute atomic E-state index is 0.0747. The molecule has 0 spiro atoms. The summed E-state index contributed by atoms with van der Waals surface area (Å²) in [6, 6.07) is 11.3. The van der Waals surface area contributed by atoms with Gasteiger partial charge in [-0.3, -0.25) is 14.1 Å². The van der Waals surface area contributed by atoms with Crippen molar-refractivity contribution in [2.24, 2.45) is 11.8 Å². The highest BCUT2D eigenvalue weighted by molar-refractivity contribution is 7.87. The number of rotatable bonds is 26. The fourth-order valence-corrected chi connectivity index (χ4v) is 6.16. The molecule has 57 heavy (non-hydrogen) atoms. The summed E-state index contributed by atoms with van der Waals surface area (Å²) in [4.78, 5) is 33.0. The molecular formula is C42H61N3O11S. The van der Waals surface area contributed by atoms with Gasteiger partial charge in [-0.1, -0.05) is 78.2 Å². The van der Waals surface area contributed by atoms with Crippen molar-refractivity contribution in [1.82, 2.24) is 9.97 Å². The lowest BCUT2D eigenvalue weighted by Gasteiger charge is -2.18. The van der Waals surface area contributed by atoms with Crippen LogP contribution in [0.4, 0.5) is 11.5 Å². The van der Waals surface area contributed by atoms with Crippen LogP contribution >= 0.6 is 0 Å². The zero-order valence-corrected chi connectivity index (χ0v) is 35.1. The van der Waals surface area contributed by atoms with Gasteiger partial charge in [0, 0.05) is 36.9 Å². The number of nitrogens with one attached hydrogen (secondary N) is 1. The van der Waals surface area contributed by atoms with E-state index in [4.69, 9.17) is 34.8 Å². The van der Waals surface area contributed by atoms with Gasteiger partial charge in [-0.15, -0.1) is 6.42 Å². The number of anilines is 2. The summed E-state index contributed by atoms with van der Waals surface area (Å²) in [6.45, 7) is 10.1. The monoisotopic (exact) mass is 815 g/mol. The molecular weight excluding hydrogens is 755 g/mol. The molecule has 0 fully saturated rings. The molecule has 0 amide bonds. The van der Waals surface area contributed by atoms with E-state index in [0.717, 1.165) is 73.5 Å². The Bertz CT molecular complexity index is 1800. The summed E-state index contributed by atoms with van der Waals surface area (Å²) in [6.07, 6.45) is 13.7. The number of methoxy groups -OCH3 is 2. The van der Waals surface area contributed by atoms with Gasteiger partial charge in [-0.05, 0) is 48.9 Å². The zero-order valence-electron chi connectivity index (χ0n) is 34.3. The third kappa shape index (κ3) is 18.1. The molecule has 2 N–H and O–H groups in total. The number of benzene rings is 2. The maximum Gasteiger partial charge on any atom is 0.327 e. The molecule has 0 saturated heterocycles. The maximum absolute atomic E-state index is 12.2. The van der Waals surface area contributed by atoms with Crippen LogP contribution < -0.4 is 14.8 Å². The SMILES string of the molecule is C#Cc1cccc(Nc2ncnc3cc(OCCOC)c(OCCOC)cc23)c1.CCCCC(CC)COC(=O)CC(C(=O)OCC(CC)CCCC)S(=O)(=O)O. The summed E-state index contributed by atoms with van der Waals surface area (Å²) >= 11 is 0. The van der Waals surface area contributed by atoms with Crippen molar-refractivity contribution < 1.29 is 51.0 Å². The number of carbonyl (C=O) groups is 2. The molecule has 3 atom stereocenters. The molecule has 14 nitrogen and oxygen atoms in total. The minimum Gasteiger partial charge on any atom is -0.487 e. The van der Waals surface area contributed by atoms with Crippen LogP contribution in [0.15, 0.2) is 42.7 Å². The summed E-state index contributed by atoms with van der Waals surface area (Å²) < 4.78 is 64.6. The predicted molar refractivity (Wildman–Crippen MR) is 220 cm³/mol. The lowest BCUT2D eigenvalue weighted by atomic mass is 10.0. The van der Waals surface area contributed by atoms with E-state index < -0.39 is 33.7 Å². The maximum atomic E-state index is 12.2. The number of hydrogen-bond acceptors (Lipinski definition) is 13. The molecule has 0 radical (unpaired) electrons. The average molecular weight is 816 g/mol. The van der Waals surface area contributed by atoms with Crippen LogP contribution in [0.1, 0.15) is 91.0 Å². The molecule has 0 aliphatic rings. The van der Waals surface area contributed by atoms with Gasteiger partial charge in [-0.25, -0.2) is 9.97 Å². The Morgan fingerprint density at radius 1 is 0.842 bits per heavy atom. The Morgan fingerprint density at radius 2 is 1.44 bits per heavy atom. The third-order valence-electron chi connectivity index (χ3n) is 9.09. The first kappa shape index (κ1) is 48.7. The van der Waals surface area contributed by atoms with Crippen LogP contribution in [0, 0.1) is 24.2 Å². The first-order chi connectivity index (χ1) is 27.4. The van der Waals surface area contributed by atoms with Gasteiger partial charge < -0.3 is 33.7 Å². The molecule has 1 heterocycles. The molecule has 0 saturated carbocycles. The van der Waals surface area contributed by atoms with Crippen molar-refractivity contribution in [1.29, 1.82) is 0 Å². The number of carbonyl (C=O) groups excluding carboxylic acids is 2. The summed E-state index contributed by atoms with van der Waals surface area (Å²) in [5.74, 6) is 2.84. The number of aromatic nitrogens is 2. The highest BCUT2D eigenvalue weighted by atomic mass is 32.2. The van der Waals surface area contributed by atoms with E-state index in [2.05, 4.69) is 35.1 Å². The van der Waals surface area contributed by atoms with E-state index in [1.807, 2.05) is 50.2 Å². The number of ether oxygens (including phenoxy) is 6. The molecule has 316 valence electrons. The van der Waals surface area contributed by atoms with E-state index >= 15 is 0 Å². The van der Waals surface area contributed by atoms with Gasteiger partial charge in [0.15, 0.2) is 16.7 Å². The van der Waals surface area contributed by atoms with Gasteiger partial charge in [0.05, 0.1) is 38.4 Å². The number of unbranched alkanes of at least 4 members (excludes halogenated alkanes) is 2. The molecule has 0 bridgehead atoms. The second kappa shape index (κ2) is 27.2. The summed E-state index contributed by atoms with van der Waals surface area (Å²) in [5.41, 5.74) is 2.34. The molecule has 0 aliphatic heterocycles. The molecule has 1 aromatic heterocycles. The fraction of sp³-hybridized carbons (Fsp3) is 0.571. The second-order valence-corrected chi connectivity index (χ2v) is 15.0. The molecule has 3 aromatic rings. The van der Waals surface area contributed by atoms with E-state index in [1.54, 1.807) is 14.2 Å². The van der Waals surface area contributed by atoms with Crippen molar-refractivity contribution in [3.05, 3.63) is 48.3 Å². The first-order valence-electron chi connectivity index (χ1n) is 19.6. The van der Waals surface area contributed by atoms with Crippen molar-refractivity contribution >= 4 is 44.5 Å². The van der Waals surface area contributed by atoms with E-state index in [-0.39, 0.29) is 25.0 Å². The first-order valence-corrected chi connectivity index (χ1v) is 21.1. The van der Waals surface area contributed by atoms with Gasteiger partial charge in [-0.2, -0.15) is 8.42 Å². The van der Waals surface area contributed by atoms with Crippen LogP contribution in [0.3, 0.4) is 0 Å². The zero-order chi connectivity index (χ0) is 42.1. The lowest BCUT2D eigenvalue weighted by molar-refractivity contribution is -0.151. The van der Waals surface area contributed by atoms with Crippen LogP contribution in [0.2, 0.25) is 0 Å². The van der Waals surface area contributed by atoms with Gasteiger partial charge in [0.2, 0.25) is 0 Å². The smallest absolute Gasteiger partial charge is 0.327 e. The largest absolute Gasteiger partial charge is 0.487 e. The Labute approximate surface area is 338 Å². The molecule has 3 rings (SSSR count). The fourth-order valence-electron chi connectivity index (χ4n) is 5.50. The number of esters is 2. The number of nitrogens with zero attached hydrogens (tertiary/aromatic N) is 2. The van der Waals surface area contributed by atoms with Crippen LogP contribution in [-0.4, -0.2) is 94.0 Å². The highest BCUT2D eigenvalue weighted by Crippen LogP contribution is 2.35. The molecule has 15 heteroatoms.